The number of aryl methyl sites for hydroxylation is 2. The van der Waals surface area contributed by atoms with Crippen molar-refractivity contribution in [1.29, 1.82) is 0 Å². The smallest absolute Gasteiger partial charge is 0.259 e. The summed E-state index contributed by atoms with van der Waals surface area (Å²) < 4.78 is 0. The molecule has 0 bridgehead atoms. The van der Waals surface area contributed by atoms with Crippen molar-refractivity contribution in [2.24, 2.45) is 5.10 Å². The average molecular weight is 282 g/mol. The number of pyridine rings is 1. The molecule has 0 aliphatic rings. The van der Waals surface area contributed by atoms with Gasteiger partial charge in [0, 0.05) is 18.1 Å². The molecule has 1 aromatic heterocycles. The summed E-state index contributed by atoms with van der Waals surface area (Å²) in [6.07, 6.45) is 4.93. The molecule has 0 aliphatic carbocycles. The van der Waals surface area contributed by atoms with Crippen molar-refractivity contribution in [1.82, 2.24) is 10.4 Å². The fraction of sp³-hybridized carbons (Fsp3) is 0.188. The van der Waals surface area contributed by atoms with Gasteiger partial charge in [0.05, 0.1) is 12.8 Å². The molecule has 5 nitrogen and oxygen atoms in total. The zero-order valence-corrected chi connectivity index (χ0v) is 12.1. The predicted octanol–water partition coefficient (Wildman–Crippen LogP) is 2.26. The van der Waals surface area contributed by atoms with Crippen molar-refractivity contribution in [2.45, 2.75) is 13.8 Å². The Balaban J connectivity index is 1.84. The van der Waals surface area contributed by atoms with Gasteiger partial charge in [0.25, 0.3) is 5.91 Å². The van der Waals surface area contributed by atoms with E-state index in [-0.39, 0.29) is 12.5 Å². The summed E-state index contributed by atoms with van der Waals surface area (Å²) in [5, 5.41) is 7.04. The molecule has 0 spiro atoms. The molecule has 0 radical (unpaired) electrons. The van der Waals surface area contributed by atoms with Crippen LogP contribution in [0.15, 0.2) is 47.8 Å². The quantitative estimate of drug-likeness (QED) is 0.653. The molecule has 1 amide bonds. The van der Waals surface area contributed by atoms with E-state index in [0.717, 1.165) is 22.4 Å². The van der Waals surface area contributed by atoms with Crippen molar-refractivity contribution in [2.75, 3.05) is 11.9 Å². The standard InChI is InChI=1S/C16H18N4O/c1-12-4-3-5-13(2)16(12)18-11-15(21)20-19-10-14-6-8-17-9-7-14/h3-10,18H,11H2,1-2H3,(H,20,21)/b19-10+. The highest BCUT2D eigenvalue weighted by Gasteiger charge is 2.04. The number of hydrogen-bond acceptors (Lipinski definition) is 4. The average Bonchev–Trinajstić information content (AvgIpc) is 2.48. The number of nitrogens with zero attached hydrogens (tertiary/aromatic N) is 2. The number of carbonyl (C=O) groups excluding carboxylic acids is 1. The van der Waals surface area contributed by atoms with Gasteiger partial charge in [-0.05, 0) is 42.7 Å². The first kappa shape index (κ1) is 14.7. The van der Waals surface area contributed by atoms with Gasteiger partial charge in [-0.3, -0.25) is 9.78 Å². The number of benzene rings is 1. The lowest BCUT2D eigenvalue weighted by molar-refractivity contribution is -0.119. The summed E-state index contributed by atoms with van der Waals surface area (Å²) in [5.74, 6) is -0.192. The van der Waals surface area contributed by atoms with Crippen molar-refractivity contribution in [3.63, 3.8) is 0 Å². The molecule has 0 fully saturated rings. The van der Waals surface area contributed by atoms with Crippen LogP contribution in [0.5, 0.6) is 0 Å². The molecule has 0 saturated heterocycles. The number of hydrogen-bond donors (Lipinski definition) is 2. The van der Waals surface area contributed by atoms with Gasteiger partial charge in [0.1, 0.15) is 0 Å². The minimum absolute atomic E-state index is 0.180. The van der Waals surface area contributed by atoms with Crippen LogP contribution in [0.25, 0.3) is 0 Å². The molecule has 108 valence electrons. The second-order valence-electron chi connectivity index (χ2n) is 4.69. The number of amides is 1. The highest BCUT2D eigenvalue weighted by atomic mass is 16.2. The molecule has 0 aliphatic heterocycles. The number of rotatable bonds is 5. The van der Waals surface area contributed by atoms with Crippen LogP contribution in [0.3, 0.4) is 0 Å². The summed E-state index contributed by atoms with van der Waals surface area (Å²) in [6, 6.07) is 9.63. The molecular formula is C16H18N4O. The largest absolute Gasteiger partial charge is 0.376 e. The lowest BCUT2D eigenvalue weighted by Crippen LogP contribution is -2.26. The Hall–Kier alpha value is -2.69. The first-order chi connectivity index (χ1) is 10.2. The van der Waals surface area contributed by atoms with E-state index < -0.39 is 0 Å². The maximum absolute atomic E-state index is 11.7. The van der Waals surface area contributed by atoms with E-state index in [9.17, 15) is 4.79 Å². The number of aromatic nitrogens is 1. The number of para-hydroxylation sites is 1. The Morgan fingerprint density at radius 3 is 2.52 bits per heavy atom. The van der Waals surface area contributed by atoms with Gasteiger partial charge in [-0.25, -0.2) is 5.43 Å². The maximum atomic E-state index is 11.7. The fourth-order valence-electron chi connectivity index (χ4n) is 1.93. The van der Waals surface area contributed by atoms with Gasteiger partial charge in [-0.1, -0.05) is 18.2 Å². The van der Waals surface area contributed by atoms with E-state index in [2.05, 4.69) is 20.8 Å². The Bertz CT molecular complexity index is 618. The van der Waals surface area contributed by atoms with E-state index in [0.29, 0.717) is 0 Å². The predicted molar refractivity (Wildman–Crippen MR) is 84.4 cm³/mol. The summed E-state index contributed by atoms with van der Waals surface area (Å²) in [5.41, 5.74) is 6.59. The lowest BCUT2D eigenvalue weighted by Gasteiger charge is -2.11. The van der Waals surface area contributed by atoms with Gasteiger partial charge in [0.15, 0.2) is 0 Å². The third kappa shape index (κ3) is 4.42. The van der Waals surface area contributed by atoms with Crippen molar-refractivity contribution < 1.29 is 4.79 Å². The number of carbonyl (C=O) groups is 1. The van der Waals surface area contributed by atoms with E-state index in [4.69, 9.17) is 0 Å². The Kier molecular flexibility index (Phi) is 5.04. The fourth-order valence-corrected chi connectivity index (χ4v) is 1.93. The lowest BCUT2D eigenvalue weighted by atomic mass is 10.1. The third-order valence-corrected chi connectivity index (χ3v) is 3.02. The molecule has 2 N–H and O–H groups in total. The molecule has 0 atom stereocenters. The highest BCUT2D eigenvalue weighted by molar-refractivity contribution is 5.84. The van der Waals surface area contributed by atoms with E-state index in [1.807, 2.05) is 44.2 Å². The van der Waals surface area contributed by atoms with Crippen LogP contribution in [0.1, 0.15) is 16.7 Å². The number of anilines is 1. The van der Waals surface area contributed by atoms with Gasteiger partial charge < -0.3 is 5.32 Å². The molecule has 1 aromatic carbocycles. The molecular weight excluding hydrogens is 264 g/mol. The van der Waals surface area contributed by atoms with Gasteiger partial charge in [-0.2, -0.15) is 5.10 Å². The molecule has 21 heavy (non-hydrogen) atoms. The Morgan fingerprint density at radius 2 is 1.86 bits per heavy atom. The van der Waals surface area contributed by atoms with Crippen molar-refractivity contribution in [3.8, 4) is 0 Å². The molecule has 0 unspecified atom stereocenters. The first-order valence-electron chi connectivity index (χ1n) is 6.69. The monoisotopic (exact) mass is 282 g/mol. The van der Waals surface area contributed by atoms with Crippen LogP contribution >= 0.6 is 0 Å². The summed E-state index contributed by atoms with van der Waals surface area (Å²) in [7, 11) is 0. The molecule has 2 rings (SSSR count). The Morgan fingerprint density at radius 1 is 1.19 bits per heavy atom. The van der Waals surface area contributed by atoms with Crippen LogP contribution in [0.4, 0.5) is 5.69 Å². The zero-order chi connectivity index (χ0) is 15.1. The first-order valence-corrected chi connectivity index (χ1v) is 6.69. The van der Waals surface area contributed by atoms with Crippen LogP contribution < -0.4 is 10.7 Å². The van der Waals surface area contributed by atoms with E-state index >= 15 is 0 Å². The second-order valence-corrected chi connectivity index (χ2v) is 4.69. The molecule has 0 saturated carbocycles. The summed E-state index contributed by atoms with van der Waals surface area (Å²) in [4.78, 5) is 15.6. The van der Waals surface area contributed by atoms with Gasteiger partial charge in [-0.15, -0.1) is 0 Å². The number of hydrazone groups is 1. The van der Waals surface area contributed by atoms with Crippen LogP contribution in [-0.2, 0) is 4.79 Å². The highest BCUT2D eigenvalue weighted by Crippen LogP contribution is 2.18. The maximum Gasteiger partial charge on any atom is 0.259 e. The van der Waals surface area contributed by atoms with Crippen LogP contribution in [-0.4, -0.2) is 23.7 Å². The SMILES string of the molecule is Cc1cccc(C)c1NCC(=O)N/N=C/c1ccncc1. The zero-order valence-electron chi connectivity index (χ0n) is 12.1. The van der Waals surface area contributed by atoms with Crippen LogP contribution in [0.2, 0.25) is 0 Å². The van der Waals surface area contributed by atoms with E-state index in [1.165, 1.54) is 0 Å². The topological polar surface area (TPSA) is 66.4 Å². The third-order valence-electron chi connectivity index (χ3n) is 3.02. The van der Waals surface area contributed by atoms with E-state index in [1.54, 1.807) is 18.6 Å². The summed E-state index contributed by atoms with van der Waals surface area (Å²) in [6.45, 7) is 4.20. The van der Waals surface area contributed by atoms with Gasteiger partial charge in [0.2, 0.25) is 0 Å². The van der Waals surface area contributed by atoms with Gasteiger partial charge >= 0.3 is 0 Å². The minimum atomic E-state index is -0.192. The normalized spacial score (nSPS) is 10.6. The van der Waals surface area contributed by atoms with Crippen LogP contribution in [0, 0.1) is 13.8 Å². The molecule has 1 heterocycles. The minimum Gasteiger partial charge on any atom is -0.376 e. The van der Waals surface area contributed by atoms with Crippen molar-refractivity contribution in [3.05, 3.63) is 59.4 Å². The molecule has 2 aromatic rings. The summed E-state index contributed by atoms with van der Waals surface area (Å²) >= 11 is 0. The Labute approximate surface area is 124 Å². The van der Waals surface area contributed by atoms with Crippen molar-refractivity contribution >= 4 is 17.8 Å². The number of nitrogens with one attached hydrogen (secondary N) is 2. The molecule has 5 heteroatoms. The second kappa shape index (κ2) is 7.19.